The fourth-order valence-corrected chi connectivity index (χ4v) is 3.72. The Hall–Kier alpha value is -1.90. The summed E-state index contributed by atoms with van der Waals surface area (Å²) in [6, 6.07) is 5.46. The number of nitrogens with zero attached hydrogens (tertiary/aromatic N) is 2. The van der Waals surface area contributed by atoms with Crippen molar-refractivity contribution in [2.24, 2.45) is 5.92 Å². The summed E-state index contributed by atoms with van der Waals surface area (Å²) in [5.41, 5.74) is -4.57. The Morgan fingerprint density at radius 1 is 1.21 bits per heavy atom. The summed E-state index contributed by atoms with van der Waals surface area (Å²) in [5.74, 6) is -0.0940. The van der Waals surface area contributed by atoms with E-state index in [1.54, 1.807) is 32.7 Å². The Kier molecular flexibility index (Phi) is 7.48. The van der Waals surface area contributed by atoms with Crippen LogP contribution in [0.25, 0.3) is 0 Å². The van der Waals surface area contributed by atoms with Crippen molar-refractivity contribution in [2.75, 3.05) is 26.7 Å². The molecule has 1 aliphatic rings. The molecule has 2 rings (SSSR count). The summed E-state index contributed by atoms with van der Waals surface area (Å²) in [7, 11) is 1.67. The van der Waals surface area contributed by atoms with Crippen LogP contribution in [0.1, 0.15) is 44.0 Å². The number of hydrogen-bond acceptors (Lipinski definition) is 4. The second kappa shape index (κ2) is 9.28. The molecule has 0 saturated carbocycles. The van der Waals surface area contributed by atoms with Gasteiger partial charge in [0, 0.05) is 37.1 Å². The second-order valence-corrected chi connectivity index (χ2v) is 9.33. The zero-order valence-electron chi connectivity index (χ0n) is 17.1. The maximum Gasteiger partial charge on any atom is 0.446 e. The molecule has 1 heterocycles. The van der Waals surface area contributed by atoms with Gasteiger partial charge in [-0.15, -0.1) is 0 Å². The summed E-state index contributed by atoms with van der Waals surface area (Å²) in [6.45, 7) is 6.96. The van der Waals surface area contributed by atoms with Crippen molar-refractivity contribution in [2.45, 2.75) is 49.6 Å². The first kappa shape index (κ1) is 23.4. The number of carbonyl (C=O) groups is 2. The lowest BCUT2D eigenvalue weighted by molar-refractivity contribution is -0.0328. The first-order chi connectivity index (χ1) is 13.3. The lowest BCUT2D eigenvalue weighted by Gasteiger charge is -2.35. The van der Waals surface area contributed by atoms with Crippen molar-refractivity contribution < 1.29 is 27.5 Å². The Labute approximate surface area is 173 Å². The third-order valence-electron chi connectivity index (χ3n) is 4.38. The molecule has 1 aromatic carbocycles. The smallest absolute Gasteiger partial charge is 0.444 e. The number of likely N-dealkylation sites (tertiary alicyclic amines) is 1. The molecule has 1 aromatic rings. The normalized spacial score (nSPS) is 17.8. The molecule has 29 heavy (non-hydrogen) atoms. The molecule has 1 saturated heterocycles. The van der Waals surface area contributed by atoms with Crippen LogP contribution in [0.15, 0.2) is 29.2 Å². The van der Waals surface area contributed by atoms with Crippen molar-refractivity contribution in [3.8, 4) is 0 Å². The van der Waals surface area contributed by atoms with Crippen molar-refractivity contribution in [3.63, 3.8) is 0 Å². The Morgan fingerprint density at radius 2 is 1.83 bits per heavy atom. The van der Waals surface area contributed by atoms with E-state index in [1.165, 1.54) is 29.2 Å². The topological polar surface area (TPSA) is 49.9 Å². The molecular weight excluding hydrogens is 405 g/mol. The number of benzene rings is 1. The minimum absolute atomic E-state index is 0.0459. The average molecular weight is 433 g/mol. The molecule has 0 aliphatic carbocycles. The molecule has 9 heteroatoms. The highest BCUT2D eigenvalue weighted by atomic mass is 32.2. The molecule has 1 atom stereocenters. The molecular formula is C20H27F3N2O3S. The highest BCUT2D eigenvalue weighted by Crippen LogP contribution is 2.36. The number of alkyl halides is 3. The maximum atomic E-state index is 12.7. The second-order valence-electron chi connectivity index (χ2n) is 8.19. The third kappa shape index (κ3) is 7.79. The zero-order chi connectivity index (χ0) is 21.8. The van der Waals surface area contributed by atoms with Gasteiger partial charge in [0.1, 0.15) is 5.60 Å². The molecule has 1 unspecified atom stereocenters. The number of hydrogen-bond donors (Lipinski definition) is 0. The van der Waals surface area contributed by atoms with Gasteiger partial charge in [-0.1, -0.05) is 0 Å². The maximum absolute atomic E-state index is 12.7. The first-order valence-corrected chi connectivity index (χ1v) is 10.2. The van der Waals surface area contributed by atoms with E-state index in [0.717, 1.165) is 12.8 Å². The van der Waals surface area contributed by atoms with E-state index in [9.17, 15) is 22.8 Å². The molecule has 5 nitrogen and oxygen atoms in total. The number of halogens is 3. The zero-order valence-corrected chi connectivity index (χ0v) is 17.9. The Balaban J connectivity index is 1.94. The highest BCUT2D eigenvalue weighted by Gasteiger charge is 2.30. The minimum atomic E-state index is -4.36. The van der Waals surface area contributed by atoms with Gasteiger partial charge in [-0.2, -0.15) is 13.2 Å². The molecule has 0 N–H and O–H groups in total. The van der Waals surface area contributed by atoms with Crippen LogP contribution in [0.5, 0.6) is 0 Å². The number of carbonyl (C=O) groups excluding carboxylic acids is 2. The molecule has 2 amide bonds. The third-order valence-corrected chi connectivity index (χ3v) is 5.12. The Morgan fingerprint density at radius 3 is 2.38 bits per heavy atom. The van der Waals surface area contributed by atoms with E-state index >= 15 is 0 Å². The fraction of sp³-hybridized carbons (Fsp3) is 0.600. The van der Waals surface area contributed by atoms with Gasteiger partial charge < -0.3 is 14.5 Å². The quantitative estimate of drug-likeness (QED) is 0.627. The molecule has 0 aromatic heterocycles. The van der Waals surface area contributed by atoms with Crippen LogP contribution in [-0.2, 0) is 4.74 Å². The molecule has 0 spiro atoms. The van der Waals surface area contributed by atoms with Gasteiger partial charge in [0.2, 0.25) is 0 Å². The van der Waals surface area contributed by atoms with E-state index in [2.05, 4.69) is 0 Å². The van der Waals surface area contributed by atoms with Crippen molar-refractivity contribution in [1.29, 1.82) is 0 Å². The Bertz CT molecular complexity index is 717. The summed E-state index contributed by atoms with van der Waals surface area (Å²) in [4.78, 5) is 28.1. The van der Waals surface area contributed by atoms with Crippen LogP contribution < -0.4 is 0 Å². The van der Waals surface area contributed by atoms with Crippen LogP contribution in [0, 0.1) is 5.92 Å². The van der Waals surface area contributed by atoms with E-state index < -0.39 is 17.2 Å². The number of amides is 2. The monoisotopic (exact) mass is 432 g/mol. The van der Waals surface area contributed by atoms with Gasteiger partial charge in [0.25, 0.3) is 5.91 Å². The molecule has 0 bridgehead atoms. The molecule has 1 aliphatic heterocycles. The summed E-state index contributed by atoms with van der Waals surface area (Å²) in [5, 5.41) is 0. The van der Waals surface area contributed by atoms with Crippen molar-refractivity contribution in [1.82, 2.24) is 9.80 Å². The molecule has 162 valence electrons. The van der Waals surface area contributed by atoms with E-state index in [4.69, 9.17) is 4.74 Å². The van der Waals surface area contributed by atoms with Crippen LogP contribution >= 0.6 is 11.8 Å². The van der Waals surface area contributed by atoms with Gasteiger partial charge in [0.05, 0.1) is 0 Å². The van der Waals surface area contributed by atoms with E-state index in [0.29, 0.717) is 25.2 Å². The number of ether oxygens (including phenoxy) is 1. The van der Waals surface area contributed by atoms with Crippen LogP contribution in [0.3, 0.4) is 0 Å². The van der Waals surface area contributed by atoms with Gasteiger partial charge in [-0.05, 0) is 75.6 Å². The van der Waals surface area contributed by atoms with Crippen molar-refractivity contribution in [3.05, 3.63) is 29.8 Å². The lowest BCUT2D eigenvalue weighted by atomic mass is 9.97. The average Bonchev–Trinajstić information content (AvgIpc) is 2.59. The SMILES string of the molecule is CN(CC1CCCN(C(=O)c2ccc(SC(F)(F)F)cc2)C1)C(=O)OC(C)(C)C. The number of thioether (sulfide) groups is 1. The lowest BCUT2D eigenvalue weighted by Crippen LogP contribution is -2.45. The van der Waals surface area contributed by atoms with Gasteiger partial charge in [-0.3, -0.25) is 4.79 Å². The molecule has 0 radical (unpaired) electrons. The largest absolute Gasteiger partial charge is 0.446 e. The van der Waals surface area contributed by atoms with E-state index in [1.807, 2.05) is 0 Å². The minimum Gasteiger partial charge on any atom is -0.444 e. The summed E-state index contributed by atoms with van der Waals surface area (Å²) < 4.78 is 42.7. The van der Waals surface area contributed by atoms with Crippen LogP contribution in [-0.4, -0.2) is 59.6 Å². The van der Waals surface area contributed by atoms with Gasteiger partial charge >= 0.3 is 11.6 Å². The van der Waals surface area contributed by atoms with Gasteiger partial charge in [-0.25, -0.2) is 4.79 Å². The summed E-state index contributed by atoms with van der Waals surface area (Å²) in [6.07, 6.45) is 1.29. The standard InChI is InChI=1S/C20H27F3N2O3S/c1-19(2,3)28-18(27)24(4)12-14-6-5-11-25(13-14)17(26)15-7-9-16(10-8-15)29-20(21,22)23/h7-10,14H,5-6,11-13H2,1-4H3. The fourth-order valence-electron chi connectivity index (χ4n) is 3.18. The highest BCUT2D eigenvalue weighted by molar-refractivity contribution is 8.00. The van der Waals surface area contributed by atoms with Gasteiger partial charge in [0.15, 0.2) is 0 Å². The predicted octanol–water partition coefficient (Wildman–Crippen LogP) is 5.02. The number of rotatable bonds is 4. The number of piperidine rings is 1. The molecule has 1 fully saturated rings. The van der Waals surface area contributed by atoms with E-state index in [-0.39, 0.29) is 28.5 Å². The predicted molar refractivity (Wildman–Crippen MR) is 106 cm³/mol. The van der Waals surface area contributed by atoms with Crippen LogP contribution in [0.2, 0.25) is 0 Å². The first-order valence-electron chi connectivity index (χ1n) is 9.43. The summed E-state index contributed by atoms with van der Waals surface area (Å²) >= 11 is -0.204. The van der Waals surface area contributed by atoms with Crippen molar-refractivity contribution >= 4 is 23.8 Å². The van der Waals surface area contributed by atoms with Crippen LogP contribution in [0.4, 0.5) is 18.0 Å².